The number of carbonyl (C=O) groups is 1. The Morgan fingerprint density at radius 1 is 1.14 bits per heavy atom. The van der Waals surface area contributed by atoms with Crippen LogP contribution in [0.15, 0.2) is 0 Å². The minimum atomic E-state index is -0.628. The van der Waals surface area contributed by atoms with Crippen LogP contribution in [0.3, 0.4) is 0 Å². The molecule has 3 nitrogen and oxygen atoms in total. The number of carboxylic acids is 1. The molecule has 2 aliphatic rings. The van der Waals surface area contributed by atoms with Crippen molar-refractivity contribution in [2.24, 2.45) is 0 Å². The summed E-state index contributed by atoms with van der Waals surface area (Å²) in [7, 11) is 0. The third-order valence-electron chi connectivity index (χ3n) is 3.39. The first-order valence-corrected chi connectivity index (χ1v) is 5.27. The second-order valence-corrected chi connectivity index (χ2v) is 4.17. The monoisotopic (exact) mass is 191 g/mol. The molecule has 0 aromatic rings. The predicted octanol–water partition coefficient (Wildman–Crippen LogP) is 0.829. The van der Waals surface area contributed by atoms with Crippen LogP contribution in [0.25, 0.3) is 0 Å². The Kier molecular flexibility index (Phi) is 4.50. The summed E-state index contributed by atoms with van der Waals surface area (Å²) in [5, 5.41) is 8.89. The second kappa shape index (κ2) is 5.21. The second-order valence-electron chi connectivity index (χ2n) is 4.17. The van der Waals surface area contributed by atoms with Gasteiger partial charge in [-0.1, -0.05) is 19.3 Å². The summed E-state index contributed by atoms with van der Waals surface area (Å²) in [6.45, 7) is 1.00. The quantitative estimate of drug-likeness (QED) is 0.657. The summed E-state index contributed by atoms with van der Waals surface area (Å²) < 4.78 is 0. The van der Waals surface area contributed by atoms with Gasteiger partial charge in [0.25, 0.3) is 0 Å². The molecule has 1 N–H and O–H groups in total. The standard InChI is InChI=1S/C10H17NO2.Li.H/c12-10(13)9-6-7-11(9)8-4-2-1-3-5-8;;/h8-9H,1-7H2,(H,12,13);;. The minimum absolute atomic E-state index is 0. The summed E-state index contributed by atoms with van der Waals surface area (Å²) in [6.07, 6.45) is 7.18. The molecule has 1 atom stereocenters. The maximum atomic E-state index is 10.8. The summed E-state index contributed by atoms with van der Waals surface area (Å²) >= 11 is 0. The van der Waals surface area contributed by atoms with Gasteiger partial charge >= 0.3 is 24.8 Å². The van der Waals surface area contributed by atoms with Crippen molar-refractivity contribution in [1.82, 2.24) is 4.90 Å². The van der Waals surface area contributed by atoms with E-state index in [4.69, 9.17) is 5.11 Å². The molecule has 0 aromatic carbocycles. The van der Waals surface area contributed by atoms with Gasteiger partial charge in [0.05, 0.1) is 0 Å². The van der Waals surface area contributed by atoms with Crippen molar-refractivity contribution >= 4 is 24.8 Å². The summed E-state index contributed by atoms with van der Waals surface area (Å²) in [4.78, 5) is 13.0. The number of hydrogen-bond donors (Lipinski definition) is 1. The number of rotatable bonds is 2. The molecule has 2 rings (SSSR count). The molecular weight excluding hydrogens is 173 g/mol. The van der Waals surface area contributed by atoms with Crippen LogP contribution >= 0.6 is 0 Å². The predicted molar refractivity (Wildman–Crippen MR) is 56.8 cm³/mol. The van der Waals surface area contributed by atoms with Gasteiger partial charge in [-0.3, -0.25) is 9.69 Å². The van der Waals surface area contributed by atoms with Gasteiger partial charge in [-0.25, -0.2) is 0 Å². The Bertz CT molecular complexity index is 204. The van der Waals surface area contributed by atoms with E-state index in [9.17, 15) is 4.79 Å². The van der Waals surface area contributed by atoms with Gasteiger partial charge in [0.2, 0.25) is 0 Å². The zero-order valence-electron chi connectivity index (χ0n) is 7.91. The summed E-state index contributed by atoms with van der Waals surface area (Å²) in [5.74, 6) is -0.628. The van der Waals surface area contributed by atoms with E-state index in [1.165, 1.54) is 32.1 Å². The van der Waals surface area contributed by atoms with E-state index < -0.39 is 5.97 Å². The SMILES string of the molecule is O=C(O)C1CCN1C1CCCCC1.[LiH]. The molecule has 0 bridgehead atoms. The molecule has 0 radical (unpaired) electrons. The Morgan fingerprint density at radius 2 is 1.79 bits per heavy atom. The molecule has 2 fully saturated rings. The number of likely N-dealkylation sites (tertiary alicyclic amines) is 1. The van der Waals surface area contributed by atoms with Gasteiger partial charge in [-0.05, 0) is 19.3 Å². The van der Waals surface area contributed by atoms with Crippen molar-refractivity contribution < 1.29 is 9.90 Å². The maximum absolute atomic E-state index is 10.8. The molecule has 1 saturated heterocycles. The molecule has 1 aliphatic carbocycles. The number of hydrogen-bond acceptors (Lipinski definition) is 2. The van der Waals surface area contributed by atoms with Crippen LogP contribution < -0.4 is 0 Å². The molecule has 4 heteroatoms. The van der Waals surface area contributed by atoms with Gasteiger partial charge in [0.15, 0.2) is 0 Å². The fourth-order valence-electron chi connectivity index (χ4n) is 2.52. The third kappa shape index (κ3) is 2.33. The van der Waals surface area contributed by atoms with Crippen LogP contribution in [-0.4, -0.2) is 53.5 Å². The zero-order chi connectivity index (χ0) is 9.26. The summed E-state index contributed by atoms with van der Waals surface area (Å²) in [6, 6.07) is 0.409. The molecule has 1 heterocycles. The topological polar surface area (TPSA) is 40.5 Å². The van der Waals surface area contributed by atoms with Gasteiger partial charge in [0, 0.05) is 12.6 Å². The van der Waals surface area contributed by atoms with E-state index in [2.05, 4.69) is 4.90 Å². The Balaban J connectivity index is 0.000000980. The molecule has 1 saturated carbocycles. The normalized spacial score (nSPS) is 29.0. The third-order valence-corrected chi connectivity index (χ3v) is 3.39. The molecular formula is C10H18LiNO2. The van der Waals surface area contributed by atoms with Crippen molar-refractivity contribution in [2.75, 3.05) is 6.54 Å². The van der Waals surface area contributed by atoms with Crippen molar-refractivity contribution in [1.29, 1.82) is 0 Å². The van der Waals surface area contributed by atoms with Gasteiger partial charge in [-0.15, -0.1) is 0 Å². The van der Waals surface area contributed by atoms with Gasteiger partial charge in [-0.2, -0.15) is 0 Å². The fraction of sp³-hybridized carbons (Fsp3) is 0.900. The van der Waals surface area contributed by atoms with Crippen LogP contribution in [0.1, 0.15) is 38.5 Å². The average Bonchev–Trinajstić information content (AvgIpc) is 2.02. The van der Waals surface area contributed by atoms with Crippen LogP contribution in [0.5, 0.6) is 0 Å². The van der Waals surface area contributed by atoms with E-state index in [1.807, 2.05) is 0 Å². The number of nitrogens with zero attached hydrogens (tertiary/aromatic N) is 1. The molecule has 0 spiro atoms. The first-order chi connectivity index (χ1) is 6.29. The Hall–Kier alpha value is 0.0274. The van der Waals surface area contributed by atoms with Crippen LogP contribution in [0.4, 0.5) is 0 Å². The van der Waals surface area contributed by atoms with Crippen LogP contribution in [-0.2, 0) is 4.79 Å². The molecule has 1 unspecified atom stereocenters. The van der Waals surface area contributed by atoms with Crippen molar-refractivity contribution in [3.8, 4) is 0 Å². The van der Waals surface area contributed by atoms with E-state index in [0.29, 0.717) is 6.04 Å². The number of carboxylic acid groups (broad SMARTS) is 1. The summed E-state index contributed by atoms with van der Waals surface area (Å²) in [5.41, 5.74) is 0. The Labute approximate surface area is 97.0 Å². The van der Waals surface area contributed by atoms with Crippen molar-refractivity contribution in [3.63, 3.8) is 0 Å². The zero-order valence-corrected chi connectivity index (χ0v) is 7.91. The van der Waals surface area contributed by atoms with Crippen molar-refractivity contribution in [2.45, 2.75) is 50.6 Å². The van der Waals surface area contributed by atoms with Crippen LogP contribution in [0, 0.1) is 0 Å². The molecule has 0 aromatic heterocycles. The van der Waals surface area contributed by atoms with E-state index in [1.54, 1.807) is 0 Å². The van der Waals surface area contributed by atoms with Crippen LogP contribution in [0.2, 0.25) is 0 Å². The number of aliphatic carboxylic acids is 1. The van der Waals surface area contributed by atoms with Gasteiger partial charge in [0.1, 0.15) is 6.04 Å². The van der Waals surface area contributed by atoms with Crippen molar-refractivity contribution in [3.05, 3.63) is 0 Å². The molecule has 76 valence electrons. The van der Waals surface area contributed by atoms with E-state index in [-0.39, 0.29) is 24.9 Å². The first-order valence-electron chi connectivity index (χ1n) is 5.27. The first kappa shape index (κ1) is 12.1. The van der Waals surface area contributed by atoms with Gasteiger partial charge < -0.3 is 5.11 Å². The molecule has 0 amide bonds. The average molecular weight is 191 g/mol. The Morgan fingerprint density at radius 3 is 2.21 bits per heavy atom. The molecule has 1 aliphatic heterocycles. The fourth-order valence-corrected chi connectivity index (χ4v) is 2.52. The van der Waals surface area contributed by atoms with E-state index in [0.717, 1.165) is 13.0 Å². The molecule has 14 heavy (non-hydrogen) atoms. The van der Waals surface area contributed by atoms with E-state index >= 15 is 0 Å².